The highest BCUT2D eigenvalue weighted by Crippen LogP contribution is 2.28. The Labute approximate surface area is 76.8 Å². The first-order valence-corrected chi connectivity index (χ1v) is 4.35. The highest BCUT2D eigenvalue weighted by molar-refractivity contribution is 6.57. The number of hydrogen-bond donors (Lipinski definition) is 0. The van der Waals surface area contributed by atoms with Gasteiger partial charge in [0.15, 0.2) is 0 Å². The molecule has 66 valence electrons. The first kappa shape index (κ1) is 11.1. The maximum absolute atomic E-state index is 11.0. The van der Waals surface area contributed by atoms with Gasteiger partial charge < -0.3 is 4.74 Å². The van der Waals surface area contributed by atoms with Crippen LogP contribution in [-0.2, 0) is 9.53 Å². The molecule has 0 atom stereocenters. The lowest BCUT2D eigenvalue weighted by atomic mass is 10.2. The molecule has 0 saturated heterocycles. The van der Waals surface area contributed by atoms with Crippen molar-refractivity contribution >= 4 is 29.2 Å². The molecule has 0 saturated carbocycles. The Morgan fingerprint density at radius 2 is 2.00 bits per heavy atom. The van der Waals surface area contributed by atoms with E-state index in [-0.39, 0.29) is 0 Å². The molecule has 0 bridgehead atoms. The first-order valence-electron chi connectivity index (χ1n) is 3.59. The smallest absolute Gasteiger partial charge is 0.342 e. The van der Waals surface area contributed by atoms with Gasteiger partial charge in [0.2, 0.25) is 4.33 Å². The van der Waals surface area contributed by atoms with E-state index >= 15 is 0 Å². The highest BCUT2D eigenvalue weighted by atomic mass is 35.5. The maximum Gasteiger partial charge on any atom is 0.342 e. The van der Waals surface area contributed by atoms with Crippen molar-refractivity contribution in [2.24, 2.45) is 0 Å². The summed E-state index contributed by atoms with van der Waals surface area (Å²) in [6.07, 6.45) is 1.18. The van der Waals surface area contributed by atoms with Crippen molar-refractivity contribution in [1.29, 1.82) is 0 Å². The largest absolute Gasteiger partial charge is 0.464 e. The molecule has 0 rings (SSSR count). The van der Waals surface area contributed by atoms with Crippen LogP contribution in [0.3, 0.4) is 0 Å². The molecular weight excluding hydrogens is 187 g/mol. The predicted octanol–water partition coefficient (Wildman–Crippen LogP) is 2.52. The molecule has 0 heterocycles. The maximum atomic E-state index is 11.0. The normalized spacial score (nSPS) is 11.3. The standard InChI is InChI=1S/C7H12Cl2O2/c1-3-5-7(8,9)6(10)11-4-2/h3-5H2,1-2H3. The number of halogens is 2. The van der Waals surface area contributed by atoms with Gasteiger partial charge >= 0.3 is 5.97 Å². The summed E-state index contributed by atoms with van der Waals surface area (Å²) in [5.41, 5.74) is 0. The van der Waals surface area contributed by atoms with Gasteiger partial charge in [-0.1, -0.05) is 36.5 Å². The van der Waals surface area contributed by atoms with Gasteiger partial charge in [-0.15, -0.1) is 0 Å². The zero-order chi connectivity index (χ0) is 8.91. The quantitative estimate of drug-likeness (QED) is 0.513. The van der Waals surface area contributed by atoms with Crippen molar-refractivity contribution in [3.8, 4) is 0 Å². The number of rotatable bonds is 4. The van der Waals surface area contributed by atoms with Crippen LogP contribution in [0.4, 0.5) is 0 Å². The van der Waals surface area contributed by atoms with E-state index in [0.717, 1.165) is 6.42 Å². The second-order valence-corrected chi connectivity index (χ2v) is 3.66. The van der Waals surface area contributed by atoms with Gasteiger partial charge in [0.25, 0.3) is 0 Å². The Hall–Kier alpha value is 0.0500. The molecule has 0 amide bonds. The zero-order valence-electron chi connectivity index (χ0n) is 6.69. The van der Waals surface area contributed by atoms with Gasteiger partial charge in [-0.3, -0.25) is 0 Å². The first-order chi connectivity index (χ1) is 5.04. The third-order valence-corrected chi connectivity index (χ3v) is 1.82. The van der Waals surface area contributed by atoms with E-state index in [2.05, 4.69) is 4.74 Å². The average Bonchev–Trinajstić information content (AvgIpc) is 1.88. The predicted molar refractivity (Wildman–Crippen MR) is 46.0 cm³/mol. The summed E-state index contributed by atoms with van der Waals surface area (Å²) in [7, 11) is 0. The van der Waals surface area contributed by atoms with Crippen molar-refractivity contribution in [2.75, 3.05) is 6.61 Å². The van der Waals surface area contributed by atoms with E-state index < -0.39 is 10.3 Å². The molecule has 0 fully saturated rings. The van der Waals surface area contributed by atoms with Gasteiger partial charge in [-0.05, 0) is 13.3 Å². The summed E-state index contributed by atoms with van der Waals surface area (Å²) in [6, 6.07) is 0. The van der Waals surface area contributed by atoms with Gasteiger partial charge in [0, 0.05) is 0 Å². The lowest BCUT2D eigenvalue weighted by Gasteiger charge is -2.15. The molecule has 0 N–H and O–H groups in total. The Morgan fingerprint density at radius 1 is 1.45 bits per heavy atom. The number of alkyl halides is 2. The molecule has 0 aliphatic rings. The van der Waals surface area contributed by atoms with Crippen LogP contribution in [0.25, 0.3) is 0 Å². The molecule has 0 spiro atoms. The summed E-state index contributed by atoms with van der Waals surface area (Å²) in [5.74, 6) is -0.551. The van der Waals surface area contributed by atoms with E-state index in [1.807, 2.05) is 6.92 Å². The molecule has 0 aromatic rings. The minimum absolute atomic E-state index is 0.309. The summed E-state index contributed by atoms with van der Waals surface area (Å²) in [6.45, 7) is 3.93. The van der Waals surface area contributed by atoms with Gasteiger partial charge in [0.05, 0.1) is 6.61 Å². The number of ether oxygens (including phenoxy) is 1. The lowest BCUT2D eigenvalue weighted by molar-refractivity contribution is -0.144. The van der Waals surface area contributed by atoms with Crippen LogP contribution in [0.15, 0.2) is 0 Å². The van der Waals surface area contributed by atoms with E-state index in [1.165, 1.54) is 0 Å². The summed E-state index contributed by atoms with van der Waals surface area (Å²) >= 11 is 11.3. The second-order valence-electron chi connectivity index (χ2n) is 2.17. The van der Waals surface area contributed by atoms with E-state index in [1.54, 1.807) is 6.92 Å². The number of hydrogen-bond acceptors (Lipinski definition) is 2. The topological polar surface area (TPSA) is 26.3 Å². The Morgan fingerprint density at radius 3 is 2.36 bits per heavy atom. The van der Waals surface area contributed by atoms with Crippen LogP contribution in [-0.4, -0.2) is 16.9 Å². The van der Waals surface area contributed by atoms with E-state index in [0.29, 0.717) is 13.0 Å². The summed E-state index contributed by atoms with van der Waals surface area (Å²) in [5, 5.41) is 0. The van der Waals surface area contributed by atoms with Gasteiger partial charge in [-0.25, -0.2) is 4.79 Å². The molecule has 4 heteroatoms. The average molecular weight is 199 g/mol. The molecule has 0 unspecified atom stereocenters. The minimum Gasteiger partial charge on any atom is -0.464 e. The van der Waals surface area contributed by atoms with Gasteiger partial charge in [0.1, 0.15) is 0 Å². The third-order valence-electron chi connectivity index (χ3n) is 1.14. The third kappa shape index (κ3) is 3.82. The summed E-state index contributed by atoms with van der Waals surface area (Å²) in [4.78, 5) is 11.0. The molecule has 0 aromatic carbocycles. The number of carbonyl (C=O) groups excluding carboxylic acids is 1. The molecule has 11 heavy (non-hydrogen) atoms. The Balaban J connectivity index is 3.94. The Bertz CT molecular complexity index is 134. The van der Waals surface area contributed by atoms with Crippen LogP contribution in [0, 0.1) is 0 Å². The molecule has 2 nitrogen and oxygen atoms in total. The Kier molecular flexibility index (Phi) is 4.86. The van der Waals surface area contributed by atoms with E-state index in [4.69, 9.17) is 23.2 Å². The van der Waals surface area contributed by atoms with Crippen molar-refractivity contribution < 1.29 is 9.53 Å². The van der Waals surface area contributed by atoms with Crippen LogP contribution >= 0.6 is 23.2 Å². The second kappa shape index (κ2) is 4.83. The number of esters is 1. The van der Waals surface area contributed by atoms with E-state index in [9.17, 15) is 4.79 Å². The summed E-state index contributed by atoms with van der Waals surface area (Å²) < 4.78 is 3.30. The molecular formula is C7H12Cl2O2. The highest BCUT2D eigenvalue weighted by Gasteiger charge is 2.33. The molecule has 0 aliphatic carbocycles. The monoisotopic (exact) mass is 198 g/mol. The van der Waals surface area contributed by atoms with Crippen LogP contribution in [0.1, 0.15) is 26.7 Å². The van der Waals surface area contributed by atoms with Crippen molar-refractivity contribution in [2.45, 2.75) is 31.0 Å². The fraction of sp³-hybridized carbons (Fsp3) is 0.857. The zero-order valence-corrected chi connectivity index (χ0v) is 8.21. The van der Waals surface area contributed by atoms with Crippen LogP contribution in [0.5, 0.6) is 0 Å². The minimum atomic E-state index is -1.36. The molecule has 0 aromatic heterocycles. The van der Waals surface area contributed by atoms with Crippen molar-refractivity contribution in [3.05, 3.63) is 0 Å². The SMILES string of the molecule is CCCC(Cl)(Cl)C(=O)OCC. The van der Waals surface area contributed by atoms with Crippen LogP contribution in [0.2, 0.25) is 0 Å². The fourth-order valence-corrected chi connectivity index (χ4v) is 1.14. The lowest BCUT2D eigenvalue weighted by Crippen LogP contribution is -2.28. The fourth-order valence-electron chi connectivity index (χ4n) is 0.653. The van der Waals surface area contributed by atoms with Crippen LogP contribution < -0.4 is 0 Å². The molecule has 0 aliphatic heterocycles. The van der Waals surface area contributed by atoms with Crippen molar-refractivity contribution in [1.82, 2.24) is 0 Å². The number of carbonyl (C=O) groups is 1. The van der Waals surface area contributed by atoms with Gasteiger partial charge in [-0.2, -0.15) is 0 Å². The molecule has 0 radical (unpaired) electrons. The van der Waals surface area contributed by atoms with Crippen molar-refractivity contribution in [3.63, 3.8) is 0 Å².